The van der Waals surface area contributed by atoms with E-state index in [9.17, 15) is 9.59 Å². The molecule has 3 aromatic heterocycles. The molecule has 0 saturated heterocycles. The van der Waals surface area contributed by atoms with Gasteiger partial charge < -0.3 is 9.15 Å². The minimum atomic E-state index is -0.661. The number of aromatic nitrogens is 3. The lowest BCUT2D eigenvalue weighted by Crippen LogP contribution is -2.47. The maximum atomic E-state index is 13.5. The van der Waals surface area contributed by atoms with Crippen LogP contribution in [0, 0.1) is 6.92 Å². The van der Waals surface area contributed by atoms with E-state index in [0.717, 1.165) is 21.8 Å². The second kappa shape index (κ2) is 7.85. The summed E-state index contributed by atoms with van der Waals surface area (Å²) in [6, 6.07) is 7.75. The molecule has 0 amide bonds. The number of thiophene rings is 1. The number of para-hydroxylation sites is 1. The first-order valence-electron chi connectivity index (χ1n) is 10.0. The second-order valence-electron chi connectivity index (χ2n) is 8.38. The molecule has 4 rings (SSSR count). The van der Waals surface area contributed by atoms with Crippen molar-refractivity contribution in [3.05, 3.63) is 68.7 Å². The van der Waals surface area contributed by atoms with Crippen molar-refractivity contribution in [1.82, 2.24) is 14.1 Å². The van der Waals surface area contributed by atoms with E-state index in [2.05, 4.69) is 4.98 Å². The molecule has 31 heavy (non-hydrogen) atoms. The summed E-state index contributed by atoms with van der Waals surface area (Å²) in [6.45, 7) is 7.88. The topological polar surface area (TPSA) is 79.3 Å². The van der Waals surface area contributed by atoms with Crippen molar-refractivity contribution in [3.8, 4) is 16.5 Å². The van der Waals surface area contributed by atoms with Crippen LogP contribution in [-0.2, 0) is 18.5 Å². The van der Waals surface area contributed by atoms with E-state index in [0.29, 0.717) is 29.1 Å². The summed E-state index contributed by atoms with van der Waals surface area (Å²) in [7, 11) is 1.63. The average Bonchev–Trinajstić information content (AvgIpc) is 3.35. The molecule has 7 nitrogen and oxygen atoms in total. The number of hydrogen-bond donors (Lipinski definition) is 0. The molecule has 0 aliphatic carbocycles. The van der Waals surface area contributed by atoms with E-state index < -0.39 is 5.54 Å². The van der Waals surface area contributed by atoms with Gasteiger partial charge in [-0.3, -0.25) is 13.9 Å². The van der Waals surface area contributed by atoms with Gasteiger partial charge in [-0.1, -0.05) is 18.2 Å². The number of aryl methyl sites for hydroxylation is 3. The zero-order valence-corrected chi connectivity index (χ0v) is 19.1. The van der Waals surface area contributed by atoms with E-state index in [4.69, 9.17) is 9.15 Å². The molecule has 0 aliphatic rings. The van der Waals surface area contributed by atoms with Gasteiger partial charge in [0.15, 0.2) is 0 Å². The SMILES string of the molecule is COc1ccccc1CCn1c(=O)n(C(C)(C)C)c(=O)c2c(C)c(-c3ncco3)sc21. The van der Waals surface area contributed by atoms with E-state index in [1.807, 2.05) is 52.0 Å². The largest absolute Gasteiger partial charge is 0.496 e. The van der Waals surface area contributed by atoms with Gasteiger partial charge in [0.1, 0.15) is 16.8 Å². The first-order chi connectivity index (χ1) is 14.7. The number of nitrogens with zero attached hydrogens (tertiary/aromatic N) is 3. The van der Waals surface area contributed by atoms with Crippen LogP contribution in [0.2, 0.25) is 0 Å². The molecule has 1 aromatic carbocycles. The highest BCUT2D eigenvalue weighted by atomic mass is 32.1. The fourth-order valence-electron chi connectivity index (χ4n) is 3.82. The van der Waals surface area contributed by atoms with Crippen molar-refractivity contribution in [2.75, 3.05) is 7.11 Å². The van der Waals surface area contributed by atoms with Gasteiger partial charge in [0.2, 0.25) is 5.89 Å². The van der Waals surface area contributed by atoms with Gasteiger partial charge in [-0.2, -0.15) is 0 Å². The maximum absolute atomic E-state index is 13.5. The highest BCUT2D eigenvalue weighted by Crippen LogP contribution is 2.35. The van der Waals surface area contributed by atoms with Crippen molar-refractivity contribution in [3.63, 3.8) is 0 Å². The van der Waals surface area contributed by atoms with Gasteiger partial charge in [-0.15, -0.1) is 11.3 Å². The van der Waals surface area contributed by atoms with E-state index in [-0.39, 0.29) is 11.2 Å². The first kappa shape index (κ1) is 21.1. The van der Waals surface area contributed by atoms with Gasteiger partial charge >= 0.3 is 5.69 Å². The number of benzene rings is 1. The zero-order chi connectivity index (χ0) is 22.3. The Morgan fingerprint density at radius 3 is 2.58 bits per heavy atom. The van der Waals surface area contributed by atoms with Crippen LogP contribution >= 0.6 is 11.3 Å². The fourth-order valence-corrected chi connectivity index (χ4v) is 5.08. The van der Waals surface area contributed by atoms with Gasteiger partial charge in [-0.05, 0) is 51.3 Å². The predicted octanol–water partition coefficient (Wildman–Crippen LogP) is 4.19. The molecule has 0 bridgehead atoms. The van der Waals surface area contributed by atoms with E-state index >= 15 is 0 Å². The molecule has 0 radical (unpaired) electrons. The van der Waals surface area contributed by atoms with Gasteiger partial charge in [0.25, 0.3) is 5.56 Å². The standard InChI is InChI=1S/C23H25N3O4S/c1-14-17-20(27)26(23(2,3)4)22(28)25(12-10-15-8-6-7-9-16(15)29-5)21(17)31-18(14)19-24-11-13-30-19/h6-9,11,13H,10,12H2,1-5H3. The van der Waals surface area contributed by atoms with Crippen LogP contribution in [0.25, 0.3) is 21.0 Å². The highest BCUT2D eigenvalue weighted by molar-refractivity contribution is 7.22. The van der Waals surface area contributed by atoms with Crippen LogP contribution in [0.15, 0.2) is 50.7 Å². The van der Waals surface area contributed by atoms with Gasteiger partial charge in [0.05, 0.1) is 23.6 Å². The zero-order valence-electron chi connectivity index (χ0n) is 18.3. The van der Waals surface area contributed by atoms with E-state index in [1.165, 1.54) is 22.2 Å². The summed E-state index contributed by atoms with van der Waals surface area (Å²) in [4.78, 5) is 32.5. The summed E-state index contributed by atoms with van der Waals surface area (Å²) in [5, 5.41) is 0.535. The molecule has 0 spiro atoms. The number of rotatable bonds is 5. The Balaban J connectivity index is 1.95. The van der Waals surface area contributed by atoms with Gasteiger partial charge in [0, 0.05) is 12.1 Å². The maximum Gasteiger partial charge on any atom is 0.332 e. The Hall–Kier alpha value is -3.13. The molecule has 0 atom stereocenters. The molecule has 4 aromatic rings. The van der Waals surface area contributed by atoms with Crippen LogP contribution in [-0.4, -0.2) is 21.2 Å². The highest BCUT2D eigenvalue weighted by Gasteiger charge is 2.27. The Bertz CT molecular complexity index is 1350. The molecular weight excluding hydrogens is 414 g/mol. The Labute approximate surface area is 183 Å². The minimum Gasteiger partial charge on any atom is -0.496 e. The van der Waals surface area contributed by atoms with E-state index in [1.54, 1.807) is 17.9 Å². The van der Waals surface area contributed by atoms with Crippen molar-refractivity contribution >= 4 is 21.6 Å². The molecule has 162 valence electrons. The Morgan fingerprint density at radius 1 is 1.19 bits per heavy atom. The van der Waals surface area contributed by atoms with Gasteiger partial charge in [-0.25, -0.2) is 9.78 Å². The number of ether oxygens (including phenoxy) is 1. The summed E-state index contributed by atoms with van der Waals surface area (Å²) >= 11 is 1.36. The van der Waals surface area contributed by atoms with Crippen LogP contribution in [0.3, 0.4) is 0 Å². The van der Waals surface area contributed by atoms with Crippen molar-refractivity contribution in [2.45, 2.75) is 46.2 Å². The molecule has 8 heteroatoms. The summed E-state index contributed by atoms with van der Waals surface area (Å²) < 4.78 is 14.0. The summed E-state index contributed by atoms with van der Waals surface area (Å²) in [5.41, 5.74) is 0.510. The molecule has 0 fully saturated rings. The smallest absolute Gasteiger partial charge is 0.332 e. The lowest BCUT2D eigenvalue weighted by Gasteiger charge is -2.23. The first-order valence-corrected chi connectivity index (χ1v) is 10.9. The lowest BCUT2D eigenvalue weighted by molar-refractivity contribution is 0.358. The number of methoxy groups -OCH3 is 1. The molecule has 0 saturated carbocycles. The van der Waals surface area contributed by atoms with Crippen LogP contribution in [0.1, 0.15) is 31.9 Å². The second-order valence-corrected chi connectivity index (χ2v) is 9.38. The number of hydrogen-bond acceptors (Lipinski definition) is 6. The lowest BCUT2D eigenvalue weighted by atomic mass is 10.1. The monoisotopic (exact) mass is 439 g/mol. The molecule has 0 aliphatic heterocycles. The van der Waals surface area contributed by atoms with Crippen LogP contribution < -0.4 is 16.0 Å². The molecular formula is C23H25N3O4S. The quantitative estimate of drug-likeness (QED) is 0.466. The molecule has 0 unspecified atom stereocenters. The summed E-state index contributed by atoms with van der Waals surface area (Å²) in [5.74, 6) is 1.22. The predicted molar refractivity (Wildman–Crippen MR) is 122 cm³/mol. The molecule has 0 N–H and O–H groups in total. The fraction of sp³-hybridized carbons (Fsp3) is 0.348. The minimum absolute atomic E-state index is 0.285. The molecule has 3 heterocycles. The third-order valence-corrected chi connectivity index (χ3v) is 6.61. The van der Waals surface area contributed by atoms with Crippen LogP contribution in [0.4, 0.5) is 0 Å². The van der Waals surface area contributed by atoms with Crippen molar-refractivity contribution in [2.24, 2.45) is 0 Å². The normalized spacial score (nSPS) is 11.9. The number of fused-ring (bicyclic) bond motifs is 1. The van der Waals surface area contributed by atoms with Crippen molar-refractivity contribution in [1.29, 1.82) is 0 Å². The third-order valence-electron chi connectivity index (χ3n) is 5.31. The third kappa shape index (κ3) is 3.61. The van der Waals surface area contributed by atoms with Crippen molar-refractivity contribution < 1.29 is 9.15 Å². The summed E-state index contributed by atoms with van der Waals surface area (Å²) in [6.07, 6.45) is 3.66. The average molecular weight is 440 g/mol. The Morgan fingerprint density at radius 2 is 1.94 bits per heavy atom. The Kier molecular flexibility index (Phi) is 5.35. The number of oxazole rings is 1. The van der Waals surface area contributed by atoms with Crippen LogP contribution in [0.5, 0.6) is 5.75 Å².